The molecule has 0 bridgehead atoms. The molecule has 66 heavy (non-hydrogen) atoms. The number of aromatic nitrogens is 2. The molecule has 0 atom stereocenters. The molecular weight excluding hydrogens is 805 g/mol. The molecule has 0 unspecified atom stereocenters. The molecule has 0 aliphatic rings. The minimum Gasteiger partial charge on any atom is -0.319 e. The van der Waals surface area contributed by atoms with Crippen molar-refractivity contribution in [2.45, 2.75) is 64.5 Å². The number of anilines is 4. The maximum Gasteiger partial charge on any atom is 0.111 e. The summed E-state index contributed by atoms with van der Waals surface area (Å²) in [6.45, 7) is 2.29. The van der Waals surface area contributed by atoms with E-state index in [1.165, 1.54) is 82.1 Å². The van der Waals surface area contributed by atoms with E-state index >= 15 is 0 Å². The van der Waals surface area contributed by atoms with Crippen molar-refractivity contribution in [3.05, 3.63) is 217 Å². The Morgan fingerprint density at radius 3 is 1.14 bits per heavy atom. The van der Waals surface area contributed by atoms with Crippen molar-refractivity contribution >= 4 is 78.8 Å². The highest BCUT2D eigenvalue weighted by Crippen LogP contribution is 2.40. The average Bonchev–Trinajstić information content (AvgIpc) is 3.88. The van der Waals surface area contributed by atoms with Crippen LogP contribution in [-0.4, -0.2) is 21.6 Å². The average molecular weight is 861 g/mol. The fraction of sp³-hybridized carbons (Fsp3) is 0.167. The molecule has 2 heterocycles. The second-order valence-corrected chi connectivity index (χ2v) is 17.2. The highest BCUT2D eigenvalue weighted by atomic mass is 15.5. The number of unbranched alkanes of at least 4 members (excludes halogenated alkanes) is 6. The number of benzene rings is 8. The van der Waals surface area contributed by atoms with E-state index in [1.807, 2.05) is 46.7 Å². The molecule has 326 valence electrons. The Morgan fingerprint density at radius 2 is 0.727 bits per heavy atom. The first-order valence-electron chi connectivity index (χ1n) is 23.7. The zero-order valence-corrected chi connectivity index (χ0v) is 37.7. The van der Waals surface area contributed by atoms with Crippen molar-refractivity contribution < 1.29 is 0 Å². The van der Waals surface area contributed by atoms with Crippen LogP contribution in [0.2, 0.25) is 0 Å². The Hall–Kier alpha value is -7.70. The second-order valence-electron chi connectivity index (χ2n) is 17.2. The summed E-state index contributed by atoms with van der Waals surface area (Å²) in [7, 11) is 0. The van der Waals surface area contributed by atoms with E-state index in [2.05, 4.69) is 198 Å². The predicted molar refractivity (Wildman–Crippen MR) is 281 cm³/mol. The third-order valence-electron chi connectivity index (χ3n) is 12.8. The molecule has 10 aromatic rings. The van der Waals surface area contributed by atoms with Crippen molar-refractivity contribution in [3.8, 4) is 0 Å². The summed E-state index contributed by atoms with van der Waals surface area (Å²) in [6, 6.07) is 73.0. The Labute approximate surface area is 388 Å². The van der Waals surface area contributed by atoms with Crippen molar-refractivity contribution in [2.75, 3.05) is 10.0 Å². The van der Waals surface area contributed by atoms with Gasteiger partial charge in [-0.25, -0.2) is 10.0 Å². The van der Waals surface area contributed by atoms with Crippen molar-refractivity contribution in [3.63, 3.8) is 0 Å². The zero-order valence-electron chi connectivity index (χ0n) is 37.7. The second kappa shape index (κ2) is 20.0. The molecule has 0 radical (unpaired) electrons. The van der Waals surface area contributed by atoms with E-state index in [9.17, 15) is 0 Å². The number of hydrogen-bond donors (Lipinski definition) is 0. The van der Waals surface area contributed by atoms with Gasteiger partial charge in [-0.05, 0) is 109 Å². The summed E-state index contributed by atoms with van der Waals surface area (Å²) in [4.78, 5) is 0. The monoisotopic (exact) mass is 860 g/mol. The molecule has 0 fully saturated rings. The van der Waals surface area contributed by atoms with E-state index in [0.717, 1.165) is 46.7 Å². The van der Waals surface area contributed by atoms with Gasteiger partial charge in [0.2, 0.25) is 0 Å². The topological polar surface area (TPSA) is 41.1 Å². The molecule has 6 nitrogen and oxygen atoms in total. The molecule has 10 rings (SSSR count). The highest BCUT2D eigenvalue weighted by Gasteiger charge is 2.24. The smallest absolute Gasteiger partial charge is 0.111 e. The quantitative estimate of drug-likeness (QED) is 0.0490. The van der Waals surface area contributed by atoms with Crippen LogP contribution in [0.4, 0.5) is 22.7 Å². The lowest BCUT2D eigenvalue weighted by Gasteiger charge is -2.26. The van der Waals surface area contributed by atoms with E-state index < -0.39 is 0 Å². The Morgan fingerprint density at radius 1 is 0.379 bits per heavy atom. The minimum absolute atomic E-state index is 0.0304. The normalized spacial score (nSPS) is 12.3. The molecule has 0 saturated carbocycles. The SMILES string of the molecule is CCCCCCCCCC(n1c2ccccc2c2cc(C=NN(c3ccccc3)c3ccccc3)ccc21)n1c2ccccc2c2cc(C=NN(c3ccccc3)c3ccccc3)ccc21. The standard InChI is InChI=1S/C60H56N6/c1-2-3-4-5-6-7-20-37-60(63-56-35-23-21-33-52(56)54-42-46(38-40-58(54)63)44-61-65(48-25-12-8-13-26-48)49-27-14-9-15-28-49)64-57-36-24-22-34-53(57)55-43-47(39-41-59(55)64)45-62-66(50-29-16-10-17-30-50)51-31-18-11-19-32-51/h8-19,21-36,38-45,60H,2-7,20,37H2,1H3. The molecule has 2 aromatic heterocycles. The molecule has 0 aliphatic carbocycles. The van der Waals surface area contributed by atoms with Gasteiger partial charge in [0.1, 0.15) is 6.17 Å². The molecule has 0 spiro atoms. The third-order valence-corrected chi connectivity index (χ3v) is 12.8. The third kappa shape index (κ3) is 8.87. The number of para-hydroxylation sites is 6. The summed E-state index contributed by atoms with van der Waals surface area (Å²) < 4.78 is 5.25. The largest absolute Gasteiger partial charge is 0.319 e. The molecule has 0 aliphatic heterocycles. The first-order valence-corrected chi connectivity index (χ1v) is 23.7. The van der Waals surface area contributed by atoms with Gasteiger partial charge in [0, 0.05) is 21.5 Å². The number of hydrogen-bond acceptors (Lipinski definition) is 4. The summed E-state index contributed by atoms with van der Waals surface area (Å²) in [5.74, 6) is 0. The number of hydrazone groups is 2. The lowest BCUT2D eigenvalue weighted by molar-refractivity contribution is 0.418. The van der Waals surface area contributed by atoms with Gasteiger partial charge in [-0.2, -0.15) is 10.2 Å². The maximum absolute atomic E-state index is 5.09. The summed E-state index contributed by atoms with van der Waals surface area (Å²) in [6.07, 6.45) is 13.9. The Balaban J connectivity index is 1.07. The minimum atomic E-state index is 0.0304. The van der Waals surface area contributed by atoms with Crippen molar-refractivity contribution in [1.82, 2.24) is 9.13 Å². The van der Waals surface area contributed by atoms with E-state index in [-0.39, 0.29) is 6.17 Å². The van der Waals surface area contributed by atoms with Gasteiger partial charge in [-0.3, -0.25) is 0 Å². The molecule has 0 amide bonds. The van der Waals surface area contributed by atoms with E-state index in [4.69, 9.17) is 10.2 Å². The van der Waals surface area contributed by atoms with Crippen LogP contribution in [0, 0.1) is 0 Å². The fourth-order valence-corrected chi connectivity index (χ4v) is 9.59. The number of nitrogens with zero attached hydrogens (tertiary/aromatic N) is 6. The Bertz CT molecular complexity index is 2930. The first kappa shape index (κ1) is 42.3. The van der Waals surface area contributed by atoms with Crippen LogP contribution in [0.25, 0.3) is 43.6 Å². The van der Waals surface area contributed by atoms with Gasteiger partial charge in [-0.1, -0.05) is 167 Å². The fourth-order valence-electron chi connectivity index (χ4n) is 9.59. The van der Waals surface area contributed by atoms with Crippen molar-refractivity contribution in [2.24, 2.45) is 10.2 Å². The van der Waals surface area contributed by atoms with Crippen LogP contribution in [0.3, 0.4) is 0 Å². The van der Waals surface area contributed by atoms with E-state index in [1.54, 1.807) is 0 Å². The lowest BCUT2D eigenvalue weighted by Crippen LogP contribution is -2.18. The van der Waals surface area contributed by atoms with Crippen LogP contribution in [0.15, 0.2) is 216 Å². The highest BCUT2D eigenvalue weighted by molar-refractivity contribution is 6.11. The van der Waals surface area contributed by atoms with Gasteiger partial charge in [0.25, 0.3) is 0 Å². The lowest BCUT2D eigenvalue weighted by atomic mass is 10.1. The summed E-state index contributed by atoms with van der Waals surface area (Å²) in [5.41, 5.74) is 11.1. The van der Waals surface area contributed by atoms with Crippen LogP contribution in [-0.2, 0) is 0 Å². The van der Waals surface area contributed by atoms with Gasteiger partial charge in [0.05, 0.1) is 57.2 Å². The van der Waals surface area contributed by atoms with Crippen LogP contribution >= 0.6 is 0 Å². The molecule has 8 aromatic carbocycles. The van der Waals surface area contributed by atoms with Crippen molar-refractivity contribution in [1.29, 1.82) is 0 Å². The molecule has 0 N–H and O–H groups in total. The Kier molecular flexibility index (Phi) is 12.8. The van der Waals surface area contributed by atoms with Gasteiger partial charge in [0.15, 0.2) is 0 Å². The zero-order chi connectivity index (χ0) is 44.5. The molecule has 0 saturated heterocycles. The summed E-state index contributed by atoms with van der Waals surface area (Å²) >= 11 is 0. The van der Waals surface area contributed by atoms with E-state index in [0.29, 0.717) is 0 Å². The molecule has 6 heteroatoms. The van der Waals surface area contributed by atoms with Crippen LogP contribution in [0.1, 0.15) is 75.6 Å². The van der Waals surface area contributed by atoms with Crippen LogP contribution in [0.5, 0.6) is 0 Å². The summed E-state index contributed by atoms with van der Waals surface area (Å²) in [5, 5.41) is 19.2. The van der Waals surface area contributed by atoms with Gasteiger partial charge in [-0.15, -0.1) is 0 Å². The number of rotatable bonds is 18. The predicted octanol–water partition coefficient (Wildman–Crippen LogP) is 16.4. The van der Waals surface area contributed by atoms with Gasteiger partial charge >= 0.3 is 0 Å². The maximum atomic E-state index is 5.09. The van der Waals surface area contributed by atoms with Crippen LogP contribution < -0.4 is 10.0 Å². The van der Waals surface area contributed by atoms with Gasteiger partial charge < -0.3 is 9.13 Å². The number of fused-ring (bicyclic) bond motifs is 6. The first-order chi connectivity index (χ1) is 32.7. The molecular formula is C60H56N6.